The number of nitrogens with zero attached hydrogens (tertiary/aromatic N) is 2. The summed E-state index contributed by atoms with van der Waals surface area (Å²) in [5, 5.41) is 0. The van der Waals surface area contributed by atoms with Gasteiger partial charge in [-0.25, -0.2) is 12.8 Å². The molecule has 0 bridgehead atoms. The van der Waals surface area contributed by atoms with Crippen molar-refractivity contribution in [3.8, 4) is 0 Å². The monoisotopic (exact) mass is 368 g/mol. The van der Waals surface area contributed by atoms with E-state index in [1.165, 1.54) is 16.4 Å². The summed E-state index contributed by atoms with van der Waals surface area (Å²) >= 11 is 0. The number of carbonyl (C=O) groups is 1. The fourth-order valence-electron chi connectivity index (χ4n) is 3.75. The number of likely N-dealkylation sites (tertiary alicyclic amines) is 1. The quantitative estimate of drug-likeness (QED) is 0.824. The first-order chi connectivity index (χ1) is 11.9. The van der Waals surface area contributed by atoms with E-state index in [1.807, 2.05) is 4.90 Å². The van der Waals surface area contributed by atoms with Gasteiger partial charge in [0.2, 0.25) is 15.9 Å². The Hall–Kier alpha value is -1.47. The molecule has 2 heterocycles. The second-order valence-corrected chi connectivity index (χ2v) is 9.10. The number of benzene rings is 1. The first-order valence-electron chi connectivity index (χ1n) is 8.92. The molecule has 1 aromatic carbocycles. The highest BCUT2D eigenvalue weighted by Crippen LogP contribution is 2.27. The highest BCUT2D eigenvalue weighted by molar-refractivity contribution is 7.89. The highest BCUT2D eigenvalue weighted by Gasteiger charge is 2.34. The maximum absolute atomic E-state index is 13.0. The Kier molecular flexibility index (Phi) is 5.43. The number of halogens is 1. The van der Waals surface area contributed by atoms with Crippen molar-refractivity contribution < 1.29 is 17.6 Å². The summed E-state index contributed by atoms with van der Waals surface area (Å²) < 4.78 is 39.7. The molecule has 1 atom stereocenters. The molecule has 2 fully saturated rings. The maximum Gasteiger partial charge on any atom is 0.243 e. The second kappa shape index (κ2) is 7.41. The standard InChI is InChI=1S/C18H25FN2O3S/c1-14-3-2-10-20(13-14)18(22)15-8-11-21(12-9-15)25(23,24)17-6-4-16(19)5-7-17/h4-7,14-15H,2-3,8-13H2,1H3/t14-/m0/s1. The summed E-state index contributed by atoms with van der Waals surface area (Å²) in [6.45, 7) is 4.46. The van der Waals surface area contributed by atoms with Gasteiger partial charge in [0.1, 0.15) is 5.82 Å². The van der Waals surface area contributed by atoms with Crippen molar-refractivity contribution in [3.05, 3.63) is 30.1 Å². The van der Waals surface area contributed by atoms with Crippen molar-refractivity contribution in [1.29, 1.82) is 0 Å². The molecule has 0 aromatic heterocycles. The van der Waals surface area contributed by atoms with Crippen LogP contribution in [0.25, 0.3) is 0 Å². The molecule has 0 N–H and O–H groups in total. The van der Waals surface area contributed by atoms with Gasteiger partial charge in [0, 0.05) is 32.1 Å². The molecule has 25 heavy (non-hydrogen) atoms. The summed E-state index contributed by atoms with van der Waals surface area (Å²) in [6, 6.07) is 4.88. The summed E-state index contributed by atoms with van der Waals surface area (Å²) in [6.07, 6.45) is 3.30. The fraction of sp³-hybridized carbons (Fsp3) is 0.611. The average Bonchev–Trinajstić information content (AvgIpc) is 2.61. The Labute approximate surface area is 148 Å². The van der Waals surface area contributed by atoms with Gasteiger partial charge < -0.3 is 4.90 Å². The van der Waals surface area contributed by atoms with E-state index in [1.54, 1.807) is 0 Å². The van der Waals surface area contributed by atoms with Crippen LogP contribution in [-0.4, -0.2) is 49.7 Å². The van der Waals surface area contributed by atoms with Crippen molar-refractivity contribution in [3.63, 3.8) is 0 Å². The number of hydrogen-bond donors (Lipinski definition) is 0. The molecule has 0 saturated carbocycles. The van der Waals surface area contributed by atoms with E-state index in [9.17, 15) is 17.6 Å². The number of carbonyl (C=O) groups excluding carboxylic acids is 1. The Morgan fingerprint density at radius 2 is 1.72 bits per heavy atom. The molecule has 0 radical (unpaired) electrons. The van der Waals surface area contributed by atoms with Gasteiger partial charge >= 0.3 is 0 Å². The van der Waals surface area contributed by atoms with Crippen molar-refractivity contribution >= 4 is 15.9 Å². The average molecular weight is 368 g/mol. The molecule has 1 aromatic rings. The van der Waals surface area contributed by atoms with Crippen LogP contribution in [-0.2, 0) is 14.8 Å². The van der Waals surface area contributed by atoms with Crippen molar-refractivity contribution in [1.82, 2.24) is 9.21 Å². The van der Waals surface area contributed by atoms with Crippen LogP contribution in [0.1, 0.15) is 32.6 Å². The first-order valence-corrected chi connectivity index (χ1v) is 10.4. The van der Waals surface area contributed by atoms with Gasteiger partial charge in [-0.15, -0.1) is 0 Å². The molecule has 7 heteroatoms. The molecule has 1 amide bonds. The second-order valence-electron chi connectivity index (χ2n) is 7.16. The molecule has 2 aliphatic heterocycles. The van der Waals surface area contributed by atoms with E-state index in [0.29, 0.717) is 31.8 Å². The fourth-order valence-corrected chi connectivity index (χ4v) is 5.22. The summed E-state index contributed by atoms with van der Waals surface area (Å²) in [4.78, 5) is 14.7. The lowest BCUT2D eigenvalue weighted by Gasteiger charge is -2.36. The molecule has 2 aliphatic rings. The lowest BCUT2D eigenvalue weighted by atomic mass is 9.93. The minimum Gasteiger partial charge on any atom is -0.342 e. The van der Waals surface area contributed by atoms with Crippen LogP contribution in [0.5, 0.6) is 0 Å². The zero-order valence-corrected chi connectivity index (χ0v) is 15.3. The van der Waals surface area contributed by atoms with Crippen LogP contribution in [0.2, 0.25) is 0 Å². The third kappa shape index (κ3) is 4.03. The molecule has 3 rings (SSSR count). The molecule has 0 aliphatic carbocycles. The highest BCUT2D eigenvalue weighted by atomic mass is 32.2. The van der Waals surface area contributed by atoms with E-state index in [4.69, 9.17) is 0 Å². The van der Waals surface area contributed by atoms with Crippen LogP contribution in [0.3, 0.4) is 0 Å². The van der Waals surface area contributed by atoms with Crippen LogP contribution in [0.15, 0.2) is 29.2 Å². The van der Waals surface area contributed by atoms with E-state index in [2.05, 4.69) is 6.92 Å². The number of piperidine rings is 2. The topological polar surface area (TPSA) is 57.7 Å². The molecular formula is C18H25FN2O3S. The van der Waals surface area contributed by atoms with Crippen LogP contribution in [0.4, 0.5) is 4.39 Å². The number of rotatable bonds is 3. The summed E-state index contributed by atoms with van der Waals surface area (Å²) in [5.41, 5.74) is 0. The van der Waals surface area contributed by atoms with Gasteiger partial charge in [-0.2, -0.15) is 4.31 Å². The molecule has 5 nitrogen and oxygen atoms in total. The Bertz CT molecular complexity index is 712. The van der Waals surface area contributed by atoms with Gasteiger partial charge in [-0.05, 0) is 55.9 Å². The maximum atomic E-state index is 13.0. The van der Waals surface area contributed by atoms with E-state index < -0.39 is 15.8 Å². The smallest absolute Gasteiger partial charge is 0.243 e. The lowest BCUT2D eigenvalue weighted by Crippen LogP contribution is -2.46. The minimum atomic E-state index is -3.62. The molecular weight excluding hydrogens is 343 g/mol. The molecule has 0 spiro atoms. The van der Waals surface area contributed by atoms with E-state index >= 15 is 0 Å². The Morgan fingerprint density at radius 1 is 1.08 bits per heavy atom. The molecule has 138 valence electrons. The van der Waals surface area contributed by atoms with Crippen LogP contribution >= 0.6 is 0 Å². The van der Waals surface area contributed by atoms with Gasteiger partial charge in [0.25, 0.3) is 0 Å². The largest absolute Gasteiger partial charge is 0.342 e. The van der Waals surface area contributed by atoms with Gasteiger partial charge in [0.15, 0.2) is 0 Å². The zero-order valence-electron chi connectivity index (χ0n) is 14.5. The predicted molar refractivity (Wildman–Crippen MR) is 92.9 cm³/mol. The van der Waals surface area contributed by atoms with Gasteiger partial charge in [0.05, 0.1) is 4.90 Å². The van der Waals surface area contributed by atoms with Gasteiger partial charge in [-0.1, -0.05) is 6.92 Å². The van der Waals surface area contributed by atoms with Crippen molar-refractivity contribution in [2.24, 2.45) is 11.8 Å². The van der Waals surface area contributed by atoms with Crippen LogP contribution < -0.4 is 0 Å². The third-order valence-electron chi connectivity index (χ3n) is 5.22. The normalized spacial score (nSPS) is 23.6. The predicted octanol–water partition coefficient (Wildman–Crippen LogP) is 2.48. The Balaban J connectivity index is 1.61. The molecule has 0 unspecified atom stereocenters. The third-order valence-corrected chi connectivity index (χ3v) is 7.14. The first kappa shape index (κ1) is 18.3. The van der Waals surface area contributed by atoms with E-state index in [-0.39, 0.29) is 16.7 Å². The summed E-state index contributed by atoms with van der Waals surface area (Å²) in [5.74, 6) is 0.158. The van der Waals surface area contributed by atoms with Crippen molar-refractivity contribution in [2.75, 3.05) is 26.2 Å². The minimum absolute atomic E-state index is 0.0926. The number of amides is 1. The van der Waals surface area contributed by atoms with Crippen molar-refractivity contribution in [2.45, 2.75) is 37.5 Å². The Morgan fingerprint density at radius 3 is 2.32 bits per heavy atom. The number of hydrogen-bond acceptors (Lipinski definition) is 3. The molecule has 2 saturated heterocycles. The lowest BCUT2D eigenvalue weighted by molar-refractivity contribution is -0.138. The SMILES string of the molecule is C[C@H]1CCCN(C(=O)C2CCN(S(=O)(=O)c3ccc(F)cc3)CC2)C1. The van der Waals surface area contributed by atoms with Crippen LogP contribution in [0, 0.1) is 17.7 Å². The summed E-state index contributed by atoms with van der Waals surface area (Å²) in [7, 11) is -3.62. The zero-order chi connectivity index (χ0) is 18.0. The number of sulfonamides is 1. The van der Waals surface area contributed by atoms with E-state index in [0.717, 1.165) is 38.1 Å². The van der Waals surface area contributed by atoms with Gasteiger partial charge in [-0.3, -0.25) is 4.79 Å².